The van der Waals surface area contributed by atoms with Gasteiger partial charge < -0.3 is 15.4 Å². The molecule has 1 aromatic rings. The molecule has 1 saturated heterocycles. The van der Waals surface area contributed by atoms with E-state index in [0.717, 1.165) is 30.0 Å². The Labute approximate surface area is 125 Å². The summed E-state index contributed by atoms with van der Waals surface area (Å²) in [6.07, 6.45) is 2.65. The van der Waals surface area contributed by atoms with E-state index in [2.05, 4.69) is 27.4 Å². The molecule has 5 heteroatoms. The van der Waals surface area contributed by atoms with Crippen LogP contribution in [0, 0.1) is 0 Å². The quantitative estimate of drug-likeness (QED) is 0.479. The lowest BCUT2D eigenvalue weighted by atomic mass is 10.2. The van der Waals surface area contributed by atoms with E-state index in [1.807, 2.05) is 30.3 Å². The molecule has 1 atom stereocenters. The van der Waals surface area contributed by atoms with Gasteiger partial charge in [0.2, 0.25) is 0 Å². The molecule has 0 amide bonds. The summed E-state index contributed by atoms with van der Waals surface area (Å²) in [5.74, 6) is 3.05. The van der Waals surface area contributed by atoms with Crippen molar-refractivity contribution in [2.45, 2.75) is 18.1 Å². The van der Waals surface area contributed by atoms with Crippen molar-refractivity contribution in [3.8, 4) is 5.75 Å². The van der Waals surface area contributed by atoms with Crippen LogP contribution in [0.4, 0.5) is 0 Å². The largest absolute Gasteiger partial charge is 0.492 e. The lowest BCUT2D eigenvalue weighted by Crippen LogP contribution is -2.41. The Kier molecular flexibility index (Phi) is 6.57. The van der Waals surface area contributed by atoms with Gasteiger partial charge in [0.25, 0.3) is 0 Å². The van der Waals surface area contributed by atoms with Crippen LogP contribution in [0.5, 0.6) is 5.75 Å². The summed E-state index contributed by atoms with van der Waals surface area (Å²) in [5.41, 5.74) is 0. The molecule has 0 aliphatic carbocycles. The Morgan fingerprint density at radius 1 is 1.35 bits per heavy atom. The van der Waals surface area contributed by atoms with Crippen LogP contribution < -0.4 is 15.4 Å². The van der Waals surface area contributed by atoms with E-state index in [-0.39, 0.29) is 0 Å². The molecule has 1 fully saturated rings. The number of rotatable bonds is 6. The number of para-hydroxylation sites is 1. The van der Waals surface area contributed by atoms with Crippen LogP contribution in [-0.2, 0) is 0 Å². The van der Waals surface area contributed by atoms with Crippen LogP contribution in [-0.4, -0.2) is 43.7 Å². The van der Waals surface area contributed by atoms with E-state index in [9.17, 15) is 0 Å². The second-order valence-corrected chi connectivity index (χ2v) is 6.08. The minimum atomic E-state index is 0.628. The molecular weight excluding hydrogens is 270 g/mol. The molecule has 1 unspecified atom stereocenters. The molecule has 2 rings (SSSR count). The summed E-state index contributed by atoms with van der Waals surface area (Å²) in [7, 11) is 1.80. The van der Waals surface area contributed by atoms with E-state index in [0.29, 0.717) is 6.61 Å². The van der Waals surface area contributed by atoms with Crippen LogP contribution in [0.3, 0.4) is 0 Å². The van der Waals surface area contributed by atoms with E-state index in [1.54, 1.807) is 7.05 Å². The summed E-state index contributed by atoms with van der Waals surface area (Å²) in [4.78, 5) is 4.22. The highest BCUT2D eigenvalue weighted by molar-refractivity contribution is 8.00. The first-order valence-electron chi connectivity index (χ1n) is 7.12. The summed E-state index contributed by atoms with van der Waals surface area (Å²) >= 11 is 2.05. The number of guanidine groups is 1. The maximum Gasteiger partial charge on any atom is 0.191 e. The molecule has 1 aliphatic rings. The molecular formula is C15H23N3OS. The molecule has 0 bridgehead atoms. The van der Waals surface area contributed by atoms with Crippen molar-refractivity contribution in [1.29, 1.82) is 0 Å². The van der Waals surface area contributed by atoms with Crippen molar-refractivity contribution in [1.82, 2.24) is 10.6 Å². The molecule has 20 heavy (non-hydrogen) atoms. The Balaban J connectivity index is 1.59. The first-order valence-corrected chi connectivity index (χ1v) is 8.17. The smallest absolute Gasteiger partial charge is 0.191 e. The fourth-order valence-corrected chi connectivity index (χ4v) is 3.29. The first-order chi connectivity index (χ1) is 9.88. The molecule has 0 spiro atoms. The molecule has 110 valence electrons. The Morgan fingerprint density at radius 2 is 2.20 bits per heavy atom. The predicted octanol–water partition coefficient (Wildman–Crippen LogP) is 2.13. The van der Waals surface area contributed by atoms with Crippen molar-refractivity contribution in [3.63, 3.8) is 0 Å². The number of nitrogens with zero attached hydrogens (tertiary/aromatic N) is 1. The maximum absolute atomic E-state index is 5.63. The fourth-order valence-electron chi connectivity index (χ4n) is 2.09. The average molecular weight is 293 g/mol. The average Bonchev–Trinajstić information content (AvgIpc) is 3.01. The third-order valence-corrected chi connectivity index (χ3v) is 4.55. The van der Waals surface area contributed by atoms with Gasteiger partial charge in [-0.1, -0.05) is 18.2 Å². The van der Waals surface area contributed by atoms with Crippen molar-refractivity contribution in [2.75, 3.05) is 32.5 Å². The normalized spacial score (nSPS) is 18.9. The van der Waals surface area contributed by atoms with Crippen molar-refractivity contribution in [2.24, 2.45) is 4.99 Å². The Morgan fingerprint density at radius 3 is 2.90 bits per heavy atom. The van der Waals surface area contributed by atoms with Crippen molar-refractivity contribution < 1.29 is 4.74 Å². The zero-order valence-electron chi connectivity index (χ0n) is 12.0. The van der Waals surface area contributed by atoms with Gasteiger partial charge in [0.1, 0.15) is 12.4 Å². The lowest BCUT2D eigenvalue weighted by molar-refractivity contribution is 0.322. The van der Waals surface area contributed by atoms with E-state index in [4.69, 9.17) is 4.74 Å². The molecule has 1 aliphatic heterocycles. The van der Waals surface area contributed by atoms with Gasteiger partial charge in [-0.3, -0.25) is 4.99 Å². The third-order valence-electron chi connectivity index (χ3n) is 3.15. The summed E-state index contributed by atoms with van der Waals surface area (Å²) in [6.45, 7) is 2.36. The highest BCUT2D eigenvalue weighted by Crippen LogP contribution is 2.25. The molecule has 0 aromatic heterocycles. The van der Waals surface area contributed by atoms with Crippen LogP contribution >= 0.6 is 11.8 Å². The maximum atomic E-state index is 5.63. The third kappa shape index (κ3) is 5.33. The number of ether oxygens (including phenoxy) is 1. The van der Waals surface area contributed by atoms with Gasteiger partial charge in [0, 0.05) is 18.8 Å². The lowest BCUT2D eigenvalue weighted by Gasteiger charge is -2.15. The van der Waals surface area contributed by atoms with E-state index >= 15 is 0 Å². The highest BCUT2D eigenvalue weighted by atomic mass is 32.2. The van der Waals surface area contributed by atoms with Gasteiger partial charge in [0.05, 0.1) is 6.54 Å². The number of thioether (sulfide) groups is 1. The predicted molar refractivity (Wildman–Crippen MR) is 86.8 cm³/mol. The fraction of sp³-hybridized carbons (Fsp3) is 0.533. The van der Waals surface area contributed by atoms with Gasteiger partial charge >= 0.3 is 0 Å². The first kappa shape index (κ1) is 15.0. The molecule has 2 N–H and O–H groups in total. The van der Waals surface area contributed by atoms with E-state index < -0.39 is 0 Å². The standard InChI is InChI=1S/C15H23N3OS/c1-16-15(18-12-14-8-5-11-20-14)17-9-10-19-13-6-3-2-4-7-13/h2-4,6-7,14H,5,8-12H2,1H3,(H2,16,17,18). The molecule has 4 nitrogen and oxygen atoms in total. The summed E-state index contributed by atoms with van der Waals surface area (Å²) < 4.78 is 5.63. The molecule has 1 aromatic carbocycles. The van der Waals surface area contributed by atoms with Gasteiger partial charge in [0.15, 0.2) is 5.96 Å². The number of aliphatic imine (C=N–C) groups is 1. The Hall–Kier alpha value is -1.36. The van der Waals surface area contributed by atoms with Crippen molar-refractivity contribution in [3.05, 3.63) is 30.3 Å². The monoisotopic (exact) mass is 293 g/mol. The molecule has 0 saturated carbocycles. The van der Waals surface area contributed by atoms with Crippen LogP contribution in [0.15, 0.2) is 35.3 Å². The summed E-state index contributed by atoms with van der Waals surface area (Å²) in [5, 5.41) is 7.37. The number of benzene rings is 1. The Bertz CT molecular complexity index is 405. The van der Waals surface area contributed by atoms with Crippen LogP contribution in [0.1, 0.15) is 12.8 Å². The number of hydrogen-bond donors (Lipinski definition) is 2. The topological polar surface area (TPSA) is 45.7 Å². The van der Waals surface area contributed by atoms with Crippen LogP contribution in [0.2, 0.25) is 0 Å². The SMILES string of the molecule is CN=C(NCCOc1ccccc1)NCC1CCCS1. The van der Waals surface area contributed by atoms with Gasteiger partial charge in [-0.05, 0) is 30.7 Å². The van der Waals surface area contributed by atoms with Gasteiger partial charge in [-0.2, -0.15) is 11.8 Å². The van der Waals surface area contributed by atoms with Crippen LogP contribution in [0.25, 0.3) is 0 Å². The highest BCUT2D eigenvalue weighted by Gasteiger charge is 2.15. The van der Waals surface area contributed by atoms with Gasteiger partial charge in [-0.15, -0.1) is 0 Å². The zero-order chi connectivity index (χ0) is 14.0. The second-order valence-electron chi connectivity index (χ2n) is 4.68. The zero-order valence-corrected chi connectivity index (χ0v) is 12.8. The minimum Gasteiger partial charge on any atom is -0.492 e. The molecule has 0 radical (unpaired) electrons. The van der Waals surface area contributed by atoms with Gasteiger partial charge in [-0.25, -0.2) is 0 Å². The number of hydrogen-bond acceptors (Lipinski definition) is 3. The number of nitrogens with one attached hydrogen (secondary N) is 2. The second kappa shape index (κ2) is 8.74. The minimum absolute atomic E-state index is 0.628. The summed E-state index contributed by atoms with van der Waals surface area (Å²) in [6, 6.07) is 9.86. The van der Waals surface area contributed by atoms with E-state index in [1.165, 1.54) is 18.6 Å². The molecule has 1 heterocycles. The van der Waals surface area contributed by atoms with Crippen molar-refractivity contribution >= 4 is 17.7 Å².